The lowest BCUT2D eigenvalue weighted by Gasteiger charge is -2.34. The van der Waals surface area contributed by atoms with Crippen LogP contribution in [0.15, 0.2) is 54.6 Å². The van der Waals surface area contributed by atoms with Gasteiger partial charge in [0, 0.05) is 38.4 Å². The summed E-state index contributed by atoms with van der Waals surface area (Å²) in [6, 6.07) is 18.2. The van der Waals surface area contributed by atoms with Crippen molar-refractivity contribution < 1.29 is 9.59 Å². The van der Waals surface area contributed by atoms with E-state index in [1.807, 2.05) is 36.4 Å². The zero-order valence-electron chi connectivity index (χ0n) is 14.9. The van der Waals surface area contributed by atoms with Crippen molar-refractivity contribution in [2.24, 2.45) is 0 Å². The van der Waals surface area contributed by atoms with Gasteiger partial charge in [0.1, 0.15) is 0 Å². The maximum atomic E-state index is 12.3. The fourth-order valence-corrected chi connectivity index (χ4v) is 2.83. The van der Waals surface area contributed by atoms with Gasteiger partial charge < -0.3 is 20.4 Å². The molecule has 2 aromatic rings. The van der Waals surface area contributed by atoms with Gasteiger partial charge in [0.25, 0.3) is 0 Å². The van der Waals surface area contributed by atoms with Gasteiger partial charge in [0.2, 0.25) is 0 Å². The standard InChI is InChI=1S/C20H21N5O2/c21-14-16-6-8-18(9-7-16)23-20(27)25-12-10-24(11-13-25)19(26)22-15-17-4-2-1-3-5-17/h1-9H,10-13,15H2,(H,22,26)(H,23,27). The van der Waals surface area contributed by atoms with Crippen molar-refractivity contribution in [3.63, 3.8) is 0 Å². The van der Waals surface area contributed by atoms with Gasteiger partial charge in [0.05, 0.1) is 11.6 Å². The molecule has 3 rings (SSSR count). The molecule has 1 fully saturated rings. The van der Waals surface area contributed by atoms with Crippen LogP contribution in [0, 0.1) is 11.3 Å². The first-order valence-electron chi connectivity index (χ1n) is 8.78. The summed E-state index contributed by atoms with van der Waals surface area (Å²) in [6.45, 7) is 2.41. The molecule has 0 aromatic heterocycles. The maximum Gasteiger partial charge on any atom is 0.321 e. The van der Waals surface area contributed by atoms with Crippen molar-refractivity contribution in [1.82, 2.24) is 15.1 Å². The number of hydrogen-bond donors (Lipinski definition) is 2. The topological polar surface area (TPSA) is 88.5 Å². The van der Waals surface area contributed by atoms with Crippen LogP contribution in [0.5, 0.6) is 0 Å². The number of benzene rings is 2. The van der Waals surface area contributed by atoms with E-state index in [0.717, 1.165) is 5.56 Å². The zero-order valence-corrected chi connectivity index (χ0v) is 14.9. The molecule has 0 radical (unpaired) electrons. The van der Waals surface area contributed by atoms with E-state index >= 15 is 0 Å². The molecule has 1 aliphatic heterocycles. The van der Waals surface area contributed by atoms with Gasteiger partial charge in [-0.25, -0.2) is 9.59 Å². The van der Waals surface area contributed by atoms with E-state index in [2.05, 4.69) is 10.6 Å². The monoisotopic (exact) mass is 363 g/mol. The van der Waals surface area contributed by atoms with Crippen LogP contribution < -0.4 is 10.6 Å². The lowest BCUT2D eigenvalue weighted by Crippen LogP contribution is -2.53. The zero-order chi connectivity index (χ0) is 19.1. The Balaban J connectivity index is 1.44. The van der Waals surface area contributed by atoms with Crippen molar-refractivity contribution in [2.75, 3.05) is 31.5 Å². The molecule has 0 unspecified atom stereocenters. The number of urea groups is 2. The summed E-state index contributed by atoms with van der Waals surface area (Å²) in [5.74, 6) is 0. The van der Waals surface area contributed by atoms with E-state index in [9.17, 15) is 9.59 Å². The van der Waals surface area contributed by atoms with E-state index < -0.39 is 0 Å². The van der Waals surface area contributed by atoms with Gasteiger partial charge >= 0.3 is 12.1 Å². The number of nitrogens with zero attached hydrogens (tertiary/aromatic N) is 3. The smallest absolute Gasteiger partial charge is 0.321 e. The van der Waals surface area contributed by atoms with Gasteiger partial charge in [-0.15, -0.1) is 0 Å². The van der Waals surface area contributed by atoms with Crippen molar-refractivity contribution >= 4 is 17.7 Å². The molecule has 2 N–H and O–H groups in total. The summed E-state index contributed by atoms with van der Waals surface area (Å²) in [5.41, 5.74) is 2.23. The largest absolute Gasteiger partial charge is 0.334 e. The molecule has 4 amide bonds. The second-order valence-corrected chi connectivity index (χ2v) is 6.24. The first kappa shape index (κ1) is 18.3. The van der Waals surface area contributed by atoms with E-state index in [4.69, 9.17) is 5.26 Å². The molecule has 1 saturated heterocycles. The quantitative estimate of drug-likeness (QED) is 0.879. The molecule has 0 aliphatic carbocycles. The Kier molecular flexibility index (Phi) is 5.90. The average molecular weight is 363 g/mol. The van der Waals surface area contributed by atoms with Crippen LogP contribution in [0.2, 0.25) is 0 Å². The maximum absolute atomic E-state index is 12.3. The third-order valence-corrected chi connectivity index (χ3v) is 4.41. The number of carbonyl (C=O) groups is 2. The number of rotatable bonds is 3. The summed E-state index contributed by atoms with van der Waals surface area (Å²) >= 11 is 0. The molecule has 1 heterocycles. The molecule has 2 aromatic carbocycles. The molecule has 138 valence electrons. The Hall–Kier alpha value is -3.53. The summed E-state index contributed by atoms with van der Waals surface area (Å²) < 4.78 is 0. The van der Waals surface area contributed by atoms with E-state index in [1.54, 1.807) is 34.1 Å². The van der Waals surface area contributed by atoms with Crippen LogP contribution >= 0.6 is 0 Å². The van der Waals surface area contributed by atoms with Gasteiger partial charge in [-0.1, -0.05) is 30.3 Å². The fourth-order valence-electron chi connectivity index (χ4n) is 2.83. The highest BCUT2D eigenvalue weighted by atomic mass is 16.2. The van der Waals surface area contributed by atoms with E-state index in [-0.39, 0.29) is 12.1 Å². The normalized spacial score (nSPS) is 13.6. The molecule has 0 bridgehead atoms. The highest BCUT2D eigenvalue weighted by molar-refractivity contribution is 5.89. The van der Waals surface area contributed by atoms with Crippen molar-refractivity contribution in [3.8, 4) is 6.07 Å². The lowest BCUT2D eigenvalue weighted by molar-refractivity contribution is 0.149. The Morgan fingerprint density at radius 3 is 2.07 bits per heavy atom. The number of carbonyl (C=O) groups excluding carboxylic acids is 2. The minimum absolute atomic E-state index is 0.119. The second-order valence-electron chi connectivity index (χ2n) is 6.24. The number of nitriles is 1. The fraction of sp³-hybridized carbons (Fsp3) is 0.250. The van der Waals surface area contributed by atoms with Crippen molar-refractivity contribution in [1.29, 1.82) is 5.26 Å². The summed E-state index contributed by atoms with van der Waals surface area (Å²) in [6.07, 6.45) is 0. The first-order chi connectivity index (χ1) is 13.2. The highest BCUT2D eigenvalue weighted by Gasteiger charge is 2.24. The average Bonchev–Trinajstić information content (AvgIpc) is 2.73. The number of hydrogen-bond acceptors (Lipinski definition) is 3. The van der Waals surface area contributed by atoms with Gasteiger partial charge in [-0.2, -0.15) is 5.26 Å². The summed E-state index contributed by atoms with van der Waals surface area (Å²) in [7, 11) is 0. The molecule has 27 heavy (non-hydrogen) atoms. The van der Waals surface area contributed by atoms with Crippen LogP contribution in [-0.2, 0) is 6.54 Å². The van der Waals surface area contributed by atoms with Gasteiger partial charge in [-0.05, 0) is 29.8 Å². The minimum Gasteiger partial charge on any atom is -0.334 e. The van der Waals surface area contributed by atoms with E-state index in [0.29, 0.717) is 44.0 Å². The third kappa shape index (κ3) is 4.98. The predicted octanol–water partition coefficient (Wildman–Crippen LogP) is 2.62. The Morgan fingerprint density at radius 2 is 1.48 bits per heavy atom. The molecule has 7 nitrogen and oxygen atoms in total. The Morgan fingerprint density at radius 1 is 0.889 bits per heavy atom. The third-order valence-electron chi connectivity index (χ3n) is 4.41. The van der Waals surface area contributed by atoms with Crippen LogP contribution in [0.3, 0.4) is 0 Å². The van der Waals surface area contributed by atoms with Crippen LogP contribution in [-0.4, -0.2) is 48.0 Å². The molecule has 0 atom stereocenters. The molecular formula is C20H21N5O2. The molecular weight excluding hydrogens is 342 g/mol. The van der Waals surface area contributed by atoms with Crippen molar-refractivity contribution in [2.45, 2.75) is 6.54 Å². The van der Waals surface area contributed by atoms with Gasteiger partial charge in [0.15, 0.2) is 0 Å². The summed E-state index contributed by atoms with van der Waals surface area (Å²) in [5, 5.41) is 14.5. The predicted molar refractivity (Wildman–Crippen MR) is 102 cm³/mol. The van der Waals surface area contributed by atoms with E-state index in [1.165, 1.54) is 0 Å². The van der Waals surface area contributed by atoms with Crippen molar-refractivity contribution in [3.05, 3.63) is 65.7 Å². The van der Waals surface area contributed by atoms with Crippen LogP contribution in [0.25, 0.3) is 0 Å². The SMILES string of the molecule is N#Cc1ccc(NC(=O)N2CCN(C(=O)NCc3ccccc3)CC2)cc1. The first-order valence-corrected chi connectivity index (χ1v) is 8.78. The summed E-state index contributed by atoms with van der Waals surface area (Å²) in [4.78, 5) is 28.0. The molecule has 0 spiro atoms. The molecule has 1 aliphatic rings. The number of anilines is 1. The lowest BCUT2D eigenvalue weighted by atomic mass is 10.2. The van der Waals surface area contributed by atoms with Crippen LogP contribution in [0.1, 0.15) is 11.1 Å². The second kappa shape index (κ2) is 8.72. The number of amides is 4. The Bertz CT molecular complexity index is 822. The minimum atomic E-state index is -0.205. The van der Waals surface area contributed by atoms with Gasteiger partial charge in [-0.3, -0.25) is 0 Å². The Labute approximate surface area is 158 Å². The highest BCUT2D eigenvalue weighted by Crippen LogP contribution is 2.11. The van der Waals surface area contributed by atoms with Crippen LogP contribution in [0.4, 0.5) is 15.3 Å². The number of nitrogens with one attached hydrogen (secondary N) is 2. The number of piperazine rings is 1. The molecule has 0 saturated carbocycles. The molecule has 7 heteroatoms.